The number of carbonyl (C=O) groups excluding carboxylic acids is 1. The van der Waals surface area contributed by atoms with Crippen molar-refractivity contribution < 1.29 is 23.1 Å². The fraction of sp³-hybridized carbons (Fsp3) is 0.421. The van der Waals surface area contributed by atoms with E-state index in [9.17, 15) is 18.0 Å². The number of aliphatic carboxylic acids is 1. The maximum atomic E-state index is 12.8. The van der Waals surface area contributed by atoms with E-state index in [1.807, 2.05) is 0 Å². The first kappa shape index (κ1) is 20.0. The van der Waals surface area contributed by atoms with Crippen molar-refractivity contribution in [2.75, 3.05) is 6.26 Å². The highest BCUT2D eigenvalue weighted by molar-refractivity contribution is 7.90. The molecular weight excluding hydrogens is 354 g/mol. The van der Waals surface area contributed by atoms with Crippen molar-refractivity contribution in [3.05, 3.63) is 42.0 Å². The third-order valence-electron chi connectivity index (χ3n) is 4.41. The summed E-state index contributed by atoms with van der Waals surface area (Å²) in [4.78, 5) is 27.9. The van der Waals surface area contributed by atoms with Gasteiger partial charge in [0.05, 0.1) is 4.90 Å². The van der Waals surface area contributed by atoms with Crippen LogP contribution in [0, 0.1) is 0 Å². The Kier molecular flexibility index (Phi) is 6.47. The zero-order valence-corrected chi connectivity index (χ0v) is 15.5. The Morgan fingerprint density at radius 1 is 1.12 bits per heavy atom. The highest BCUT2D eigenvalue weighted by atomic mass is 32.2. The fourth-order valence-corrected chi connectivity index (χ4v) is 3.54. The minimum Gasteiger partial charge on any atom is -0.481 e. The first-order valence-corrected chi connectivity index (χ1v) is 10.4. The van der Waals surface area contributed by atoms with Crippen molar-refractivity contribution in [1.29, 1.82) is 0 Å². The number of unbranched alkanes of at least 4 members (excludes halogenated alkanes) is 2. The van der Waals surface area contributed by atoms with Crippen LogP contribution in [-0.2, 0) is 25.8 Å². The summed E-state index contributed by atoms with van der Waals surface area (Å²) < 4.78 is 23.0. The molecule has 0 aliphatic carbocycles. The second-order valence-electron chi connectivity index (χ2n) is 6.53. The molecule has 6 nitrogen and oxygen atoms in total. The van der Waals surface area contributed by atoms with Gasteiger partial charge in [0.15, 0.2) is 15.6 Å². The van der Waals surface area contributed by atoms with Crippen molar-refractivity contribution in [3.63, 3.8) is 0 Å². The summed E-state index contributed by atoms with van der Waals surface area (Å²) in [6.45, 7) is 0. The van der Waals surface area contributed by atoms with E-state index in [0.717, 1.165) is 18.2 Å². The number of benzene rings is 1. The van der Waals surface area contributed by atoms with Gasteiger partial charge in [-0.3, -0.25) is 14.6 Å². The van der Waals surface area contributed by atoms with Crippen LogP contribution in [0.2, 0.25) is 0 Å². The lowest BCUT2D eigenvalue weighted by Gasteiger charge is -2.23. The van der Waals surface area contributed by atoms with Gasteiger partial charge < -0.3 is 5.11 Å². The molecule has 1 aliphatic rings. The lowest BCUT2D eigenvalue weighted by molar-refractivity contribution is -0.137. The molecule has 1 unspecified atom stereocenters. The molecule has 1 aliphatic heterocycles. The van der Waals surface area contributed by atoms with Crippen molar-refractivity contribution in [2.45, 2.75) is 49.0 Å². The van der Waals surface area contributed by atoms with E-state index in [1.54, 1.807) is 30.5 Å². The maximum Gasteiger partial charge on any atom is 0.303 e. The van der Waals surface area contributed by atoms with Gasteiger partial charge in [-0.15, -0.1) is 0 Å². The number of carboxylic acids is 1. The fourth-order valence-electron chi connectivity index (χ4n) is 2.91. The summed E-state index contributed by atoms with van der Waals surface area (Å²) in [5, 5.41) is 8.67. The number of allylic oxidation sites excluding steroid dienone is 1. The van der Waals surface area contributed by atoms with Gasteiger partial charge in [0.25, 0.3) is 0 Å². The van der Waals surface area contributed by atoms with Crippen LogP contribution in [0.25, 0.3) is 0 Å². The Morgan fingerprint density at radius 2 is 1.81 bits per heavy atom. The van der Waals surface area contributed by atoms with Crippen LogP contribution in [0.1, 0.15) is 37.7 Å². The van der Waals surface area contributed by atoms with Crippen LogP contribution in [0.4, 0.5) is 0 Å². The zero-order chi connectivity index (χ0) is 19.2. The quantitative estimate of drug-likeness (QED) is 0.632. The third-order valence-corrected chi connectivity index (χ3v) is 5.54. The zero-order valence-electron chi connectivity index (χ0n) is 14.7. The Labute approximate surface area is 153 Å². The van der Waals surface area contributed by atoms with E-state index in [4.69, 9.17) is 5.11 Å². The molecule has 26 heavy (non-hydrogen) atoms. The first-order chi connectivity index (χ1) is 12.2. The number of rotatable bonds is 10. The Bertz CT molecular complexity index is 810. The number of carboxylic acid groups (broad SMARTS) is 1. The molecule has 1 aromatic carbocycles. The second-order valence-corrected chi connectivity index (χ2v) is 8.55. The molecule has 0 fully saturated rings. The molecule has 1 heterocycles. The summed E-state index contributed by atoms with van der Waals surface area (Å²) >= 11 is 0. The number of sulfone groups is 1. The molecule has 0 aromatic heterocycles. The predicted molar refractivity (Wildman–Crippen MR) is 99.3 cm³/mol. The smallest absolute Gasteiger partial charge is 0.303 e. The number of Topliss-reactive ketones (excluding diaryl/α,β-unsaturated/α-hetero) is 1. The van der Waals surface area contributed by atoms with E-state index in [1.165, 1.54) is 12.1 Å². The molecule has 1 N–H and O–H groups in total. The molecule has 140 valence electrons. The highest BCUT2D eigenvalue weighted by Gasteiger charge is 2.35. The number of nitrogens with zero attached hydrogens (tertiary/aromatic N) is 1. The summed E-state index contributed by atoms with van der Waals surface area (Å²) in [5.41, 5.74) is -0.151. The van der Waals surface area contributed by atoms with Crippen LogP contribution >= 0.6 is 0 Å². The molecule has 0 spiro atoms. The third kappa shape index (κ3) is 5.36. The first-order valence-electron chi connectivity index (χ1n) is 8.50. The van der Waals surface area contributed by atoms with E-state index in [-0.39, 0.29) is 23.5 Å². The van der Waals surface area contributed by atoms with E-state index < -0.39 is 21.3 Å². The van der Waals surface area contributed by atoms with E-state index in [0.29, 0.717) is 19.3 Å². The maximum absolute atomic E-state index is 12.8. The van der Waals surface area contributed by atoms with Gasteiger partial charge in [0, 0.05) is 25.3 Å². The summed E-state index contributed by atoms with van der Waals surface area (Å²) in [5.74, 6) is -0.861. The van der Waals surface area contributed by atoms with Gasteiger partial charge in [-0.25, -0.2) is 8.42 Å². The molecule has 0 amide bonds. The van der Waals surface area contributed by atoms with Gasteiger partial charge in [0.1, 0.15) is 5.54 Å². The van der Waals surface area contributed by atoms with E-state index >= 15 is 0 Å². The monoisotopic (exact) mass is 377 g/mol. The van der Waals surface area contributed by atoms with Crippen LogP contribution in [0.15, 0.2) is 46.3 Å². The average Bonchev–Trinajstić information content (AvgIpc) is 3.04. The summed E-state index contributed by atoms with van der Waals surface area (Å²) in [6, 6.07) is 6.31. The predicted octanol–water partition coefficient (Wildman–Crippen LogP) is 2.62. The molecule has 1 aromatic rings. The number of aliphatic imine (C=N–C) groups is 1. The van der Waals surface area contributed by atoms with Crippen LogP contribution in [0.3, 0.4) is 0 Å². The minimum absolute atomic E-state index is 0.0483. The standard InChI is InChI=1S/C19H23NO5S/c1-26(24,25)16-9-7-15(8-10-16)14-17(21)19(12-5-13-20-19)11-4-2-3-6-18(22)23/h5,7-10,12-13H,2-4,6,11,14H2,1H3,(H,22,23). The second kappa shape index (κ2) is 8.40. The number of carbonyl (C=O) groups is 2. The molecule has 0 saturated carbocycles. The van der Waals surface area contributed by atoms with Gasteiger partial charge in [-0.1, -0.05) is 25.0 Å². The Hall–Kier alpha value is -2.28. The largest absolute Gasteiger partial charge is 0.481 e. The topological polar surface area (TPSA) is 101 Å². The van der Waals surface area contributed by atoms with Gasteiger partial charge in [-0.05, 0) is 42.7 Å². The molecule has 0 bridgehead atoms. The molecule has 1 atom stereocenters. The minimum atomic E-state index is -3.26. The molecular formula is C19H23NO5S. The highest BCUT2D eigenvalue weighted by Crippen LogP contribution is 2.28. The number of hydrogen-bond donors (Lipinski definition) is 1. The van der Waals surface area contributed by atoms with Gasteiger partial charge >= 0.3 is 5.97 Å². The molecule has 7 heteroatoms. The SMILES string of the molecule is CS(=O)(=O)c1ccc(CC(=O)C2(CCCCCC(=O)O)C=CC=N2)cc1. The van der Waals surface area contributed by atoms with Gasteiger partial charge in [-0.2, -0.15) is 0 Å². The number of ketones is 1. The number of hydrogen-bond acceptors (Lipinski definition) is 5. The van der Waals surface area contributed by atoms with Crippen molar-refractivity contribution in [1.82, 2.24) is 0 Å². The Morgan fingerprint density at radius 3 is 2.35 bits per heavy atom. The van der Waals surface area contributed by atoms with Crippen molar-refractivity contribution >= 4 is 27.8 Å². The summed E-state index contributed by atoms with van der Waals surface area (Å²) in [6.07, 6.45) is 9.17. The van der Waals surface area contributed by atoms with E-state index in [2.05, 4.69) is 4.99 Å². The normalized spacial score (nSPS) is 19.0. The average molecular weight is 377 g/mol. The van der Waals surface area contributed by atoms with Crippen LogP contribution in [0.5, 0.6) is 0 Å². The van der Waals surface area contributed by atoms with Gasteiger partial charge in [0.2, 0.25) is 0 Å². The van der Waals surface area contributed by atoms with Crippen LogP contribution in [-0.4, -0.2) is 43.3 Å². The molecule has 0 radical (unpaired) electrons. The van der Waals surface area contributed by atoms with Crippen LogP contribution < -0.4 is 0 Å². The Balaban J connectivity index is 1.99. The lowest BCUT2D eigenvalue weighted by Crippen LogP contribution is -2.34. The lowest BCUT2D eigenvalue weighted by atomic mass is 9.85. The van der Waals surface area contributed by atoms with Crippen molar-refractivity contribution in [3.8, 4) is 0 Å². The summed E-state index contributed by atoms with van der Waals surface area (Å²) in [7, 11) is -3.26. The van der Waals surface area contributed by atoms with Crippen molar-refractivity contribution in [2.24, 2.45) is 4.99 Å². The molecule has 2 rings (SSSR count). The molecule has 0 saturated heterocycles.